The number of nitrogens with zero attached hydrogens (tertiary/aromatic N) is 1. The smallest absolute Gasteiger partial charge is 0.476 e. The van der Waals surface area contributed by atoms with Crippen molar-refractivity contribution in [2.24, 2.45) is 0 Å². The van der Waals surface area contributed by atoms with E-state index in [2.05, 4.69) is 9.72 Å². The minimum atomic E-state index is -5.35. The van der Waals surface area contributed by atoms with E-state index in [4.69, 9.17) is 5.11 Å². The molecule has 106 valence electrons. The van der Waals surface area contributed by atoms with Crippen molar-refractivity contribution in [3.05, 3.63) is 21.0 Å². The summed E-state index contributed by atoms with van der Waals surface area (Å²) in [4.78, 5) is 13.3. The molecule has 0 saturated carbocycles. The first-order valence-electron chi connectivity index (χ1n) is 4.18. The number of pyridine rings is 1. The number of aromatic carboxylic acids is 1. The van der Waals surface area contributed by atoms with Gasteiger partial charge in [0, 0.05) is 3.57 Å². The molecule has 0 spiro atoms. The van der Waals surface area contributed by atoms with Gasteiger partial charge in [0.2, 0.25) is 0 Å². The molecule has 1 N–H and O–H groups in total. The normalized spacial score (nSPS) is 12.4. The Kier molecular flexibility index (Phi) is 4.17. The summed E-state index contributed by atoms with van der Waals surface area (Å²) in [5.74, 6) is -3.40. The first-order valence-corrected chi connectivity index (χ1v) is 5.26. The molecule has 0 aromatic carbocycles. The minimum Gasteiger partial charge on any atom is -0.476 e. The molecule has 19 heavy (non-hydrogen) atoms. The van der Waals surface area contributed by atoms with Gasteiger partial charge in [-0.05, 0) is 28.7 Å². The van der Waals surface area contributed by atoms with E-state index >= 15 is 0 Å². The van der Waals surface area contributed by atoms with Crippen LogP contribution in [0.4, 0.5) is 26.3 Å². The first kappa shape index (κ1) is 15.8. The molecule has 0 aliphatic rings. The molecule has 0 bridgehead atoms. The largest absolute Gasteiger partial charge is 0.573 e. The van der Waals surface area contributed by atoms with Gasteiger partial charge in [0.25, 0.3) is 0 Å². The maximum atomic E-state index is 12.5. The fraction of sp³-hybridized carbons (Fsp3) is 0.250. The topological polar surface area (TPSA) is 59.4 Å². The molecule has 0 amide bonds. The molecule has 11 heteroatoms. The quantitative estimate of drug-likeness (QED) is 0.611. The number of aromatic nitrogens is 1. The van der Waals surface area contributed by atoms with Crippen LogP contribution in [-0.4, -0.2) is 22.4 Å². The van der Waals surface area contributed by atoms with Crippen LogP contribution < -0.4 is 4.74 Å². The van der Waals surface area contributed by atoms with Crippen molar-refractivity contribution in [1.82, 2.24) is 4.98 Å². The number of halogens is 7. The van der Waals surface area contributed by atoms with Crippen LogP contribution in [0.1, 0.15) is 16.2 Å². The molecule has 0 atom stereocenters. The highest BCUT2D eigenvalue weighted by atomic mass is 127. The standard InChI is InChI=1S/C8H2F6INO3/c9-7(10,11)5-3(19-8(12,13)14)1-2(15)4(16-5)6(17)18/h1H,(H,17,18). The Morgan fingerprint density at radius 2 is 1.79 bits per heavy atom. The third kappa shape index (κ3) is 4.11. The number of carbonyl (C=O) groups is 1. The first-order chi connectivity index (χ1) is 8.42. The van der Waals surface area contributed by atoms with Crippen LogP contribution >= 0.6 is 22.6 Å². The molecule has 0 unspecified atom stereocenters. The summed E-state index contributed by atoms with van der Waals surface area (Å²) in [7, 11) is 0. The molecular weight excluding hydrogens is 399 g/mol. The predicted octanol–water partition coefficient (Wildman–Crippen LogP) is 3.30. The Bertz CT molecular complexity index is 512. The summed E-state index contributed by atoms with van der Waals surface area (Å²) >= 11 is 1.24. The molecule has 1 aromatic rings. The number of ether oxygens (including phenoxy) is 1. The lowest BCUT2D eigenvalue weighted by Gasteiger charge is -2.15. The molecular formula is C8H2F6INO3. The average molecular weight is 401 g/mol. The Morgan fingerprint density at radius 1 is 1.26 bits per heavy atom. The summed E-state index contributed by atoms with van der Waals surface area (Å²) in [6.45, 7) is 0. The maximum absolute atomic E-state index is 12.5. The van der Waals surface area contributed by atoms with Crippen molar-refractivity contribution >= 4 is 28.6 Å². The molecule has 4 nitrogen and oxygen atoms in total. The van der Waals surface area contributed by atoms with Gasteiger partial charge in [-0.1, -0.05) is 0 Å². The Labute approximate surface area is 114 Å². The van der Waals surface area contributed by atoms with E-state index < -0.39 is 39.2 Å². The van der Waals surface area contributed by atoms with Crippen molar-refractivity contribution in [1.29, 1.82) is 0 Å². The molecule has 1 aromatic heterocycles. The SMILES string of the molecule is O=C(O)c1nc(C(F)(F)F)c(OC(F)(F)F)cc1I. The Balaban J connectivity index is 3.46. The fourth-order valence-electron chi connectivity index (χ4n) is 1.03. The lowest BCUT2D eigenvalue weighted by atomic mass is 10.2. The zero-order valence-electron chi connectivity index (χ0n) is 8.43. The van der Waals surface area contributed by atoms with Crippen molar-refractivity contribution in [3.63, 3.8) is 0 Å². The number of carboxylic acid groups (broad SMARTS) is 1. The molecule has 0 saturated heterocycles. The van der Waals surface area contributed by atoms with Crippen LogP contribution in [0, 0.1) is 3.57 Å². The number of rotatable bonds is 2. The number of hydrogen-bond donors (Lipinski definition) is 1. The van der Waals surface area contributed by atoms with Gasteiger partial charge < -0.3 is 9.84 Å². The van der Waals surface area contributed by atoms with Crippen LogP contribution in [0.15, 0.2) is 6.07 Å². The van der Waals surface area contributed by atoms with Crippen LogP contribution in [0.25, 0.3) is 0 Å². The number of hydrogen-bond acceptors (Lipinski definition) is 3. The highest BCUT2D eigenvalue weighted by Gasteiger charge is 2.42. The lowest BCUT2D eigenvalue weighted by Crippen LogP contribution is -2.22. The average Bonchev–Trinajstić information content (AvgIpc) is 2.11. The molecule has 0 fully saturated rings. The molecule has 1 heterocycles. The van der Waals surface area contributed by atoms with Crippen molar-refractivity contribution in [3.8, 4) is 5.75 Å². The third-order valence-corrected chi connectivity index (χ3v) is 2.46. The van der Waals surface area contributed by atoms with E-state index in [0.29, 0.717) is 6.07 Å². The number of carboxylic acids is 1. The van der Waals surface area contributed by atoms with E-state index in [1.54, 1.807) is 0 Å². The van der Waals surface area contributed by atoms with Gasteiger partial charge in [-0.3, -0.25) is 0 Å². The highest BCUT2D eigenvalue weighted by molar-refractivity contribution is 14.1. The fourth-order valence-corrected chi connectivity index (χ4v) is 1.66. The van der Waals surface area contributed by atoms with E-state index in [-0.39, 0.29) is 0 Å². The summed E-state index contributed by atoms with van der Waals surface area (Å²) in [5, 5.41) is 8.58. The van der Waals surface area contributed by atoms with Crippen molar-refractivity contribution in [2.75, 3.05) is 0 Å². The zero-order valence-corrected chi connectivity index (χ0v) is 10.6. The summed E-state index contributed by atoms with van der Waals surface area (Å²) in [6, 6.07) is 0.313. The van der Waals surface area contributed by atoms with E-state index in [1.165, 1.54) is 22.6 Å². The predicted molar refractivity (Wildman–Crippen MR) is 55.6 cm³/mol. The second-order valence-corrected chi connectivity index (χ2v) is 4.18. The third-order valence-electron chi connectivity index (χ3n) is 1.64. The Hall–Kier alpha value is -1.27. The van der Waals surface area contributed by atoms with Crippen LogP contribution in [-0.2, 0) is 6.18 Å². The van der Waals surface area contributed by atoms with Crippen LogP contribution in [0.2, 0.25) is 0 Å². The maximum Gasteiger partial charge on any atom is 0.573 e. The van der Waals surface area contributed by atoms with Gasteiger partial charge in [0.15, 0.2) is 17.1 Å². The summed E-state index contributed by atoms with van der Waals surface area (Å²) in [5.41, 5.74) is -3.06. The van der Waals surface area contributed by atoms with Crippen molar-refractivity contribution in [2.45, 2.75) is 12.5 Å². The minimum absolute atomic E-state index is 0.313. The second-order valence-electron chi connectivity index (χ2n) is 3.02. The summed E-state index contributed by atoms with van der Waals surface area (Å²) < 4.78 is 76.1. The Morgan fingerprint density at radius 3 is 2.16 bits per heavy atom. The van der Waals surface area contributed by atoms with Gasteiger partial charge in [0.05, 0.1) is 0 Å². The van der Waals surface area contributed by atoms with E-state index in [0.717, 1.165) is 0 Å². The highest BCUT2D eigenvalue weighted by Crippen LogP contribution is 2.38. The van der Waals surface area contributed by atoms with E-state index in [1.807, 2.05) is 0 Å². The summed E-state index contributed by atoms with van der Waals surface area (Å²) in [6.07, 6.45) is -10.6. The van der Waals surface area contributed by atoms with Gasteiger partial charge in [0.1, 0.15) is 0 Å². The molecule has 0 aliphatic heterocycles. The zero-order chi connectivity index (χ0) is 15.0. The molecule has 1 rings (SSSR count). The number of alkyl halides is 6. The van der Waals surface area contributed by atoms with Crippen molar-refractivity contribution < 1.29 is 41.0 Å². The van der Waals surface area contributed by atoms with Gasteiger partial charge in [-0.25, -0.2) is 9.78 Å². The lowest BCUT2D eigenvalue weighted by molar-refractivity contribution is -0.276. The van der Waals surface area contributed by atoms with Gasteiger partial charge in [-0.2, -0.15) is 13.2 Å². The van der Waals surface area contributed by atoms with Gasteiger partial charge in [-0.15, -0.1) is 13.2 Å². The molecule has 0 aliphatic carbocycles. The van der Waals surface area contributed by atoms with Crippen LogP contribution in [0.3, 0.4) is 0 Å². The second kappa shape index (κ2) is 5.02. The monoisotopic (exact) mass is 401 g/mol. The van der Waals surface area contributed by atoms with E-state index in [9.17, 15) is 31.1 Å². The molecule has 0 radical (unpaired) electrons. The van der Waals surface area contributed by atoms with Crippen LogP contribution in [0.5, 0.6) is 5.75 Å². The van der Waals surface area contributed by atoms with Gasteiger partial charge >= 0.3 is 18.5 Å².